The van der Waals surface area contributed by atoms with E-state index in [-0.39, 0.29) is 17.6 Å². The largest absolute Gasteiger partial charge is 0.325 e. The summed E-state index contributed by atoms with van der Waals surface area (Å²) in [5.74, 6) is -0.312. The highest BCUT2D eigenvalue weighted by atomic mass is 32.2. The van der Waals surface area contributed by atoms with Crippen LogP contribution in [-0.2, 0) is 17.8 Å². The summed E-state index contributed by atoms with van der Waals surface area (Å²) in [6, 6.07) is 34.6. The average molecular weight is 507 g/mol. The minimum absolute atomic E-state index is 0.170. The van der Waals surface area contributed by atoms with Crippen molar-refractivity contribution in [1.82, 2.24) is 9.55 Å². The highest BCUT2D eigenvalue weighted by molar-refractivity contribution is 7.99. The number of imidazole rings is 1. The van der Waals surface area contributed by atoms with Crippen LogP contribution in [0.15, 0.2) is 114 Å². The number of nitrogens with zero attached hydrogens (tertiary/aromatic N) is 2. The molecule has 1 heterocycles. The molecule has 2 N–H and O–H groups in total. The maximum atomic E-state index is 12.9. The highest BCUT2D eigenvalue weighted by Gasteiger charge is 2.16. The molecule has 0 spiro atoms. The zero-order valence-corrected chi connectivity index (χ0v) is 20.9. The van der Waals surface area contributed by atoms with E-state index in [1.807, 2.05) is 66.7 Å². The van der Waals surface area contributed by atoms with Gasteiger partial charge in [-0.05, 0) is 48.4 Å². The zero-order valence-electron chi connectivity index (χ0n) is 20.1. The second-order valence-electron chi connectivity index (χ2n) is 8.47. The quantitative estimate of drug-likeness (QED) is 0.231. The van der Waals surface area contributed by atoms with Gasteiger partial charge in [-0.1, -0.05) is 84.6 Å². The van der Waals surface area contributed by atoms with Crippen LogP contribution >= 0.6 is 11.8 Å². The number of hydrogen-bond donors (Lipinski definition) is 2. The zero-order chi connectivity index (χ0) is 25.5. The van der Waals surface area contributed by atoms with E-state index in [0.717, 1.165) is 29.2 Å². The van der Waals surface area contributed by atoms with Gasteiger partial charge in [-0.2, -0.15) is 0 Å². The Hall–Kier alpha value is -4.36. The number of anilines is 2. The van der Waals surface area contributed by atoms with E-state index in [2.05, 4.69) is 33.4 Å². The minimum Gasteiger partial charge on any atom is -0.325 e. The van der Waals surface area contributed by atoms with Crippen LogP contribution in [0.25, 0.3) is 11.0 Å². The Morgan fingerprint density at radius 3 is 2.24 bits per heavy atom. The molecule has 5 rings (SSSR count). The number of nitrogens with one attached hydrogen (secondary N) is 2. The van der Waals surface area contributed by atoms with Crippen molar-refractivity contribution in [3.63, 3.8) is 0 Å². The lowest BCUT2D eigenvalue weighted by Gasteiger charge is -2.12. The van der Waals surface area contributed by atoms with Crippen molar-refractivity contribution >= 4 is 46.0 Å². The van der Waals surface area contributed by atoms with Crippen LogP contribution in [0.3, 0.4) is 0 Å². The number of carbonyl (C=O) groups is 2. The number of amides is 2. The van der Waals surface area contributed by atoms with Crippen molar-refractivity contribution < 1.29 is 9.59 Å². The summed E-state index contributed by atoms with van der Waals surface area (Å²) in [5, 5.41) is 6.57. The van der Waals surface area contributed by atoms with E-state index >= 15 is 0 Å². The molecule has 0 saturated heterocycles. The third-order valence-electron chi connectivity index (χ3n) is 5.90. The van der Waals surface area contributed by atoms with Crippen LogP contribution in [-0.4, -0.2) is 27.1 Å². The summed E-state index contributed by atoms with van der Waals surface area (Å²) in [4.78, 5) is 30.6. The molecule has 0 aliphatic carbocycles. The summed E-state index contributed by atoms with van der Waals surface area (Å²) in [6.07, 6.45) is 0.866. The number of fused-ring (bicyclic) bond motifs is 1. The molecule has 0 saturated carbocycles. The maximum absolute atomic E-state index is 12.9. The summed E-state index contributed by atoms with van der Waals surface area (Å²) >= 11 is 1.39. The fourth-order valence-electron chi connectivity index (χ4n) is 4.09. The molecule has 0 atom stereocenters. The van der Waals surface area contributed by atoms with Gasteiger partial charge in [0, 0.05) is 12.2 Å². The topological polar surface area (TPSA) is 76.0 Å². The first kappa shape index (κ1) is 24.3. The third-order valence-corrected chi connectivity index (χ3v) is 6.87. The normalized spacial score (nSPS) is 10.8. The van der Waals surface area contributed by atoms with Gasteiger partial charge in [0.25, 0.3) is 5.91 Å². The van der Waals surface area contributed by atoms with Gasteiger partial charge >= 0.3 is 0 Å². The van der Waals surface area contributed by atoms with E-state index in [4.69, 9.17) is 4.98 Å². The molecule has 0 unspecified atom stereocenters. The molecule has 5 aromatic rings. The molecule has 0 aliphatic heterocycles. The van der Waals surface area contributed by atoms with E-state index in [0.29, 0.717) is 16.9 Å². The second kappa shape index (κ2) is 11.6. The first-order valence-electron chi connectivity index (χ1n) is 12.0. The van der Waals surface area contributed by atoms with Crippen molar-refractivity contribution in [3.8, 4) is 0 Å². The lowest BCUT2D eigenvalue weighted by Crippen LogP contribution is -2.19. The molecular formula is C30H26N4O2S. The van der Waals surface area contributed by atoms with Gasteiger partial charge in [0.1, 0.15) is 0 Å². The molecule has 0 bridgehead atoms. The highest BCUT2D eigenvalue weighted by Crippen LogP contribution is 2.25. The molecule has 184 valence electrons. The number of thioether (sulfide) groups is 1. The Labute approximate surface area is 219 Å². The second-order valence-corrected chi connectivity index (χ2v) is 9.42. The van der Waals surface area contributed by atoms with E-state index in [1.54, 1.807) is 24.3 Å². The van der Waals surface area contributed by atoms with Crippen molar-refractivity contribution in [1.29, 1.82) is 0 Å². The maximum Gasteiger partial charge on any atom is 0.257 e. The minimum atomic E-state index is -0.280. The predicted octanol–water partition coefficient (Wildman–Crippen LogP) is 6.26. The van der Waals surface area contributed by atoms with E-state index in [9.17, 15) is 9.59 Å². The standard InChI is InChI=1S/C30H26N4O2S/c35-28(32-25-16-8-7-15-24(25)29(36)31-23-13-5-2-6-14-23)21-37-30-33-26-17-9-10-18-27(26)34(30)20-19-22-11-3-1-4-12-22/h1-18H,19-21H2,(H,31,36)(H,32,35). The fourth-order valence-corrected chi connectivity index (χ4v) is 4.93. The Bertz CT molecular complexity index is 1520. The fraction of sp³-hybridized carbons (Fsp3) is 0.100. The van der Waals surface area contributed by atoms with Crippen molar-refractivity contribution in [3.05, 3.63) is 120 Å². The predicted molar refractivity (Wildman–Crippen MR) is 150 cm³/mol. The summed E-state index contributed by atoms with van der Waals surface area (Å²) in [5.41, 5.74) is 4.77. The first-order valence-corrected chi connectivity index (χ1v) is 13.0. The summed E-state index contributed by atoms with van der Waals surface area (Å²) in [6.45, 7) is 0.761. The first-order chi connectivity index (χ1) is 18.2. The van der Waals surface area contributed by atoms with Crippen LogP contribution in [0.1, 0.15) is 15.9 Å². The van der Waals surface area contributed by atoms with E-state index < -0.39 is 0 Å². The molecule has 37 heavy (non-hydrogen) atoms. The van der Waals surface area contributed by atoms with Crippen molar-refractivity contribution in [2.24, 2.45) is 0 Å². The van der Waals surface area contributed by atoms with Gasteiger partial charge in [0.15, 0.2) is 5.16 Å². The molecular weight excluding hydrogens is 480 g/mol. The molecule has 0 fully saturated rings. The molecule has 1 aromatic heterocycles. The van der Waals surface area contributed by atoms with Crippen LogP contribution < -0.4 is 10.6 Å². The molecule has 6 nitrogen and oxygen atoms in total. The smallest absolute Gasteiger partial charge is 0.257 e. The number of aryl methyl sites for hydroxylation is 2. The number of hydrogen-bond acceptors (Lipinski definition) is 4. The van der Waals surface area contributed by atoms with Gasteiger partial charge in [0.05, 0.1) is 28.0 Å². The molecule has 0 radical (unpaired) electrons. The average Bonchev–Trinajstić information content (AvgIpc) is 3.29. The molecule has 2 amide bonds. The monoisotopic (exact) mass is 506 g/mol. The Balaban J connectivity index is 1.27. The molecule has 7 heteroatoms. The van der Waals surface area contributed by atoms with Crippen LogP contribution in [0, 0.1) is 0 Å². The van der Waals surface area contributed by atoms with Gasteiger partial charge in [-0.25, -0.2) is 4.98 Å². The van der Waals surface area contributed by atoms with Gasteiger partial charge in [0.2, 0.25) is 5.91 Å². The van der Waals surface area contributed by atoms with Crippen LogP contribution in [0.2, 0.25) is 0 Å². The Morgan fingerprint density at radius 1 is 0.757 bits per heavy atom. The van der Waals surface area contributed by atoms with Crippen LogP contribution in [0.4, 0.5) is 11.4 Å². The van der Waals surface area contributed by atoms with Crippen LogP contribution in [0.5, 0.6) is 0 Å². The SMILES string of the molecule is O=C(CSc1nc2ccccc2n1CCc1ccccc1)Nc1ccccc1C(=O)Nc1ccccc1. The summed E-state index contributed by atoms with van der Waals surface area (Å²) < 4.78 is 2.17. The van der Waals surface area contributed by atoms with Gasteiger partial charge < -0.3 is 15.2 Å². The number of benzene rings is 4. The van der Waals surface area contributed by atoms with E-state index in [1.165, 1.54) is 17.3 Å². The van der Waals surface area contributed by atoms with Crippen molar-refractivity contribution in [2.75, 3.05) is 16.4 Å². The Kier molecular flexibility index (Phi) is 7.62. The number of carbonyl (C=O) groups excluding carboxylic acids is 2. The summed E-state index contributed by atoms with van der Waals surface area (Å²) in [7, 11) is 0. The molecule has 4 aromatic carbocycles. The lowest BCUT2D eigenvalue weighted by molar-refractivity contribution is -0.113. The lowest BCUT2D eigenvalue weighted by atomic mass is 10.1. The van der Waals surface area contributed by atoms with Gasteiger partial charge in [-0.3, -0.25) is 9.59 Å². The Morgan fingerprint density at radius 2 is 1.43 bits per heavy atom. The number of rotatable bonds is 9. The third kappa shape index (κ3) is 6.08. The number of aromatic nitrogens is 2. The van der Waals surface area contributed by atoms with Gasteiger partial charge in [-0.15, -0.1) is 0 Å². The van der Waals surface area contributed by atoms with Crippen molar-refractivity contribution in [2.45, 2.75) is 18.1 Å². The number of para-hydroxylation sites is 4. The molecule has 0 aliphatic rings.